The number of rotatable bonds is 7. The molecule has 0 aliphatic carbocycles. The molecule has 1 atom stereocenters. The van der Waals surface area contributed by atoms with E-state index in [-0.39, 0.29) is 0 Å². The highest BCUT2D eigenvalue weighted by atomic mass is 32.1. The minimum Gasteiger partial charge on any atom is -0.325 e. The second kappa shape index (κ2) is 6.87. The van der Waals surface area contributed by atoms with Gasteiger partial charge in [-0.25, -0.2) is 4.98 Å². The van der Waals surface area contributed by atoms with Gasteiger partial charge in [0, 0.05) is 23.7 Å². The molecule has 2 rings (SSSR count). The Labute approximate surface area is 119 Å². The highest BCUT2D eigenvalue weighted by Gasteiger charge is 2.16. The summed E-state index contributed by atoms with van der Waals surface area (Å²) in [6, 6.07) is 5.28. The van der Waals surface area contributed by atoms with Crippen LogP contribution < -0.4 is 5.32 Å². The molecule has 3 nitrogen and oxygen atoms in total. The Kier molecular flexibility index (Phi) is 5.16. The highest BCUT2D eigenvalue weighted by molar-refractivity contribution is 7.10. The van der Waals surface area contributed by atoms with Crippen molar-refractivity contribution in [3.05, 3.63) is 40.6 Å². The fourth-order valence-electron chi connectivity index (χ4n) is 2.23. The van der Waals surface area contributed by atoms with Crippen molar-refractivity contribution >= 4 is 11.3 Å². The van der Waals surface area contributed by atoms with E-state index in [9.17, 15) is 0 Å². The van der Waals surface area contributed by atoms with E-state index in [1.165, 1.54) is 17.0 Å². The lowest BCUT2D eigenvalue weighted by Gasteiger charge is -2.20. The molecule has 1 unspecified atom stereocenters. The molecule has 1 N–H and O–H groups in total. The molecule has 2 heterocycles. The van der Waals surface area contributed by atoms with Gasteiger partial charge in [0.15, 0.2) is 0 Å². The van der Waals surface area contributed by atoms with Gasteiger partial charge in [-0.3, -0.25) is 0 Å². The van der Waals surface area contributed by atoms with E-state index in [1.807, 2.05) is 23.9 Å². The molecule has 0 spiro atoms. The van der Waals surface area contributed by atoms with E-state index < -0.39 is 0 Å². The number of nitrogens with one attached hydrogen (secondary N) is 1. The zero-order chi connectivity index (χ0) is 13.7. The molecular weight excluding hydrogens is 254 g/mol. The SMILES string of the molecule is CCCC(c1cccs1)n1cncc1CNC(C)C. The Morgan fingerprint density at radius 2 is 2.26 bits per heavy atom. The Hall–Kier alpha value is -1.13. The smallest absolute Gasteiger partial charge is 0.0954 e. The van der Waals surface area contributed by atoms with Crippen LogP contribution >= 0.6 is 11.3 Å². The molecule has 0 radical (unpaired) electrons. The maximum Gasteiger partial charge on any atom is 0.0954 e. The first kappa shape index (κ1) is 14.3. The number of hydrogen-bond acceptors (Lipinski definition) is 3. The van der Waals surface area contributed by atoms with Gasteiger partial charge < -0.3 is 9.88 Å². The first-order valence-electron chi connectivity index (χ1n) is 6.99. The van der Waals surface area contributed by atoms with Crippen LogP contribution in [0.15, 0.2) is 30.0 Å². The van der Waals surface area contributed by atoms with E-state index in [4.69, 9.17) is 0 Å². The molecule has 0 bridgehead atoms. The summed E-state index contributed by atoms with van der Waals surface area (Å²) < 4.78 is 2.32. The Balaban J connectivity index is 2.20. The van der Waals surface area contributed by atoms with Crippen molar-refractivity contribution in [1.29, 1.82) is 0 Å². The molecule has 2 aromatic rings. The standard InChI is InChI=1S/C15H23N3S/c1-4-6-14(15-7-5-8-19-15)18-11-16-9-13(18)10-17-12(2)3/h5,7-9,11-12,14,17H,4,6,10H2,1-3H3. The van der Waals surface area contributed by atoms with Gasteiger partial charge in [-0.05, 0) is 17.9 Å². The van der Waals surface area contributed by atoms with Gasteiger partial charge in [-0.1, -0.05) is 33.3 Å². The fraction of sp³-hybridized carbons (Fsp3) is 0.533. The van der Waals surface area contributed by atoms with Gasteiger partial charge in [0.25, 0.3) is 0 Å². The number of thiophene rings is 1. The average molecular weight is 277 g/mol. The molecule has 4 heteroatoms. The fourth-order valence-corrected chi connectivity index (χ4v) is 3.09. The maximum atomic E-state index is 4.34. The predicted molar refractivity (Wildman–Crippen MR) is 81.6 cm³/mol. The number of nitrogens with zero attached hydrogens (tertiary/aromatic N) is 2. The Morgan fingerprint density at radius 3 is 2.89 bits per heavy atom. The van der Waals surface area contributed by atoms with Crippen molar-refractivity contribution in [3.63, 3.8) is 0 Å². The van der Waals surface area contributed by atoms with Gasteiger partial charge in [0.1, 0.15) is 0 Å². The van der Waals surface area contributed by atoms with Crippen LogP contribution in [0.5, 0.6) is 0 Å². The molecular formula is C15H23N3S. The van der Waals surface area contributed by atoms with Gasteiger partial charge in [0.05, 0.1) is 18.1 Å². The van der Waals surface area contributed by atoms with Crippen LogP contribution in [0.25, 0.3) is 0 Å². The minimum atomic E-state index is 0.427. The molecule has 104 valence electrons. The first-order chi connectivity index (χ1) is 9.22. The monoisotopic (exact) mass is 277 g/mol. The summed E-state index contributed by atoms with van der Waals surface area (Å²) in [5.41, 5.74) is 1.26. The van der Waals surface area contributed by atoms with Crippen molar-refractivity contribution < 1.29 is 0 Å². The lowest BCUT2D eigenvalue weighted by molar-refractivity contribution is 0.498. The van der Waals surface area contributed by atoms with Crippen molar-refractivity contribution in [2.45, 2.75) is 52.2 Å². The van der Waals surface area contributed by atoms with Crippen LogP contribution in [-0.2, 0) is 6.54 Å². The van der Waals surface area contributed by atoms with Crippen LogP contribution in [-0.4, -0.2) is 15.6 Å². The van der Waals surface area contributed by atoms with Crippen LogP contribution in [0.2, 0.25) is 0 Å². The second-order valence-electron chi connectivity index (χ2n) is 5.15. The van der Waals surface area contributed by atoms with E-state index in [2.05, 4.69) is 53.2 Å². The van der Waals surface area contributed by atoms with Crippen LogP contribution in [0.3, 0.4) is 0 Å². The minimum absolute atomic E-state index is 0.427. The van der Waals surface area contributed by atoms with Crippen LogP contribution in [0.1, 0.15) is 50.2 Å². The summed E-state index contributed by atoms with van der Waals surface area (Å²) in [6.45, 7) is 7.46. The third kappa shape index (κ3) is 3.67. The molecule has 19 heavy (non-hydrogen) atoms. The van der Waals surface area contributed by atoms with Crippen LogP contribution in [0, 0.1) is 0 Å². The zero-order valence-electron chi connectivity index (χ0n) is 12.0. The van der Waals surface area contributed by atoms with Crippen molar-refractivity contribution in [3.8, 4) is 0 Å². The Morgan fingerprint density at radius 1 is 1.42 bits per heavy atom. The molecule has 2 aromatic heterocycles. The highest BCUT2D eigenvalue weighted by Crippen LogP contribution is 2.28. The van der Waals surface area contributed by atoms with Crippen molar-refractivity contribution in [2.24, 2.45) is 0 Å². The van der Waals surface area contributed by atoms with Gasteiger partial charge in [-0.2, -0.15) is 0 Å². The third-order valence-electron chi connectivity index (χ3n) is 3.21. The molecule has 0 aliphatic rings. The molecule has 0 fully saturated rings. The molecule has 0 saturated heterocycles. The van der Waals surface area contributed by atoms with Crippen molar-refractivity contribution in [1.82, 2.24) is 14.9 Å². The van der Waals surface area contributed by atoms with Gasteiger partial charge in [-0.15, -0.1) is 11.3 Å². The summed E-state index contributed by atoms with van der Waals surface area (Å²) in [5, 5.41) is 5.63. The predicted octanol–water partition coefficient (Wildman–Crippen LogP) is 3.83. The summed E-state index contributed by atoms with van der Waals surface area (Å²) in [5.74, 6) is 0. The van der Waals surface area contributed by atoms with E-state index in [0.29, 0.717) is 12.1 Å². The number of imidazole rings is 1. The maximum absolute atomic E-state index is 4.34. The molecule has 0 saturated carbocycles. The molecule has 0 aliphatic heterocycles. The lowest BCUT2D eigenvalue weighted by atomic mass is 10.1. The average Bonchev–Trinajstić information content (AvgIpc) is 3.04. The first-order valence-corrected chi connectivity index (χ1v) is 7.87. The third-order valence-corrected chi connectivity index (χ3v) is 4.18. The Bertz CT molecular complexity index is 473. The van der Waals surface area contributed by atoms with Gasteiger partial charge in [0.2, 0.25) is 0 Å². The lowest BCUT2D eigenvalue weighted by Crippen LogP contribution is -2.24. The summed E-state index contributed by atoms with van der Waals surface area (Å²) >= 11 is 1.83. The van der Waals surface area contributed by atoms with Gasteiger partial charge >= 0.3 is 0 Å². The quantitative estimate of drug-likeness (QED) is 0.833. The largest absolute Gasteiger partial charge is 0.325 e. The normalized spacial score (nSPS) is 13.1. The van der Waals surface area contributed by atoms with E-state index >= 15 is 0 Å². The van der Waals surface area contributed by atoms with E-state index in [0.717, 1.165) is 13.0 Å². The molecule has 0 amide bonds. The van der Waals surface area contributed by atoms with Crippen molar-refractivity contribution in [2.75, 3.05) is 0 Å². The number of aromatic nitrogens is 2. The zero-order valence-corrected chi connectivity index (χ0v) is 12.8. The summed E-state index contributed by atoms with van der Waals surface area (Å²) in [6.07, 6.45) is 6.28. The van der Waals surface area contributed by atoms with Crippen LogP contribution in [0.4, 0.5) is 0 Å². The summed E-state index contributed by atoms with van der Waals surface area (Å²) in [7, 11) is 0. The number of hydrogen-bond donors (Lipinski definition) is 1. The topological polar surface area (TPSA) is 29.9 Å². The summed E-state index contributed by atoms with van der Waals surface area (Å²) in [4.78, 5) is 5.76. The second-order valence-corrected chi connectivity index (χ2v) is 6.13. The molecule has 0 aromatic carbocycles. The van der Waals surface area contributed by atoms with E-state index in [1.54, 1.807) is 0 Å².